The molecule has 1 fully saturated rings. The number of hydrogen-bond donors (Lipinski definition) is 1. The zero-order valence-electron chi connectivity index (χ0n) is 19.3. The van der Waals surface area contributed by atoms with Gasteiger partial charge in [0.1, 0.15) is 17.9 Å². The van der Waals surface area contributed by atoms with Crippen LogP contribution in [0.3, 0.4) is 0 Å². The molecular formula is C25H26FN5O3. The number of hydrogen-bond acceptors (Lipinski definition) is 5. The Hall–Kier alpha value is -3.80. The molecule has 1 aromatic heterocycles. The van der Waals surface area contributed by atoms with Gasteiger partial charge in [-0.05, 0) is 30.0 Å². The van der Waals surface area contributed by atoms with E-state index in [4.69, 9.17) is 0 Å². The molecule has 3 amide bonds. The summed E-state index contributed by atoms with van der Waals surface area (Å²) < 4.78 is 13.6. The fourth-order valence-corrected chi connectivity index (χ4v) is 4.92. The van der Waals surface area contributed by atoms with Crippen molar-refractivity contribution in [3.63, 3.8) is 0 Å². The molecule has 2 aliphatic rings. The zero-order chi connectivity index (χ0) is 24.6. The van der Waals surface area contributed by atoms with Gasteiger partial charge >= 0.3 is 0 Å². The molecule has 3 atom stereocenters. The van der Waals surface area contributed by atoms with E-state index in [1.165, 1.54) is 23.0 Å². The monoisotopic (exact) mass is 463 g/mol. The van der Waals surface area contributed by atoms with Crippen LogP contribution in [0, 0.1) is 23.1 Å². The first-order valence-corrected chi connectivity index (χ1v) is 11.2. The Kier molecular flexibility index (Phi) is 6.09. The first-order valence-electron chi connectivity index (χ1n) is 11.2. The fraction of sp³-hybridized carbons (Fsp3) is 0.400. The molecule has 34 heavy (non-hydrogen) atoms. The lowest BCUT2D eigenvalue weighted by molar-refractivity contribution is -0.136. The summed E-state index contributed by atoms with van der Waals surface area (Å²) in [6.45, 7) is 3.90. The van der Waals surface area contributed by atoms with E-state index < -0.39 is 35.1 Å². The molecule has 0 unspecified atom stereocenters. The molecule has 1 N–H and O–H groups in total. The maximum Gasteiger partial charge on any atom is 0.255 e. The first-order chi connectivity index (χ1) is 16.2. The summed E-state index contributed by atoms with van der Waals surface area (Å²) in [6, 6.07) is 8.83. The molecule has 2 aromatic rings. The topological polar surface area (TPSA) is 106 Å². The van der Waals surface area contributed by atoms with Crippen molar-refractivity contribution in [2.45, 2.75) is 44.2 Å². The molecular weight excluding hydrogens is 437 g/mol. The second-order valence-electron chi connectivity index (χ2n) is 9.35. The molecule has 176 valence electrons. The Labute approximate surface area is 197 Å². The van der Waals surface area contributed by atoms with Gasteiger partial charge in [0.15, 0.2) is 0 Å². The van der Waals surface area contributed by atoms with Crippen molar-refractivity contribution in [2.75, 3.05) is 18.9 Å². The Balaban J connectivity index is 1.66. The summed E-state index contributed by atoms with van der Waals surface area (Å²) in [5.74, 6) is -1.78. The Morgan fingerprint density at radius 1 is 1.35 bits per heavy atom. The van der Waals surface area contributed by atoms with Crippen molar-refractivity contribution in [1.82, 2.24) is 14.8 Å². The molecule has 0 radical (unpaired) electrons. The van der Waals surface area contributed by atoms with E-state index in [2.05, 4.69) is 16.4 Å². The minimum absolute atomic E-state index is 0.0304. The van der Waals surface area contributed by atoms with Gasteiger partial charge < -0.3 is 15.1 Å². The van der Waals surface area contributed by atoms with Gasteiger partial charge in [0.05, 0.1) is 23.2 Å². The van der Waals surface area contributed by atoms with E-state index in [9.17, 15) is 24.0 Å². The highest BCUT2D eigenvalue weighted by Crippen LogP contribution is 2.46. The highest BCUT2D eigenvalue weighted by atomic mass is 19.1. The molecule has 0 bridgehead atoms. The Morgan fingerprint density at radius 3 is 2.76 bits per heavy atom. The number of fused-ring (bicyclic) bond motifs is 2. The van der Waals surface area contributed by atoms with E-state index in [0.717, 1.165) is 17.8 Å². The molecule has 9 heteroatoms. The van der Waals surface area contributed by atoms with Gasteiger partial charge in [-0.15, -0.1) is 0 Å². The molecule has 2 aliphatic heterocycles. The number of nitriles is 1. The summed E-state index contributed by atoms with van der Waals surface area (Å²) in [6.07, 6.45) is 2.77. The summed E-state index contributed by atoms with van der Waals surface area (Å²) >= 11 is 0. The maximum absolute atomic E-state index is 13.8. The molecule has 3 heterocycles. The number of rotatable bonds is 5. The van der Waals surface area contributed by atoms with Crippen molar-refractivity contribution in [3.05, 3.63) is 59.7 Å². The summed E-state index contributed by atoms with van der Waals surface area (Å²) in [5.41, 5.74) is 0.474. The minimum atomic E-state index is -1.01. The first kappa shape index (κ1) is 23.4. The lowest BCUT2D eigenvalue weighted by Gasteiger charge is -2.33. The number of anilines is 1. The van der Waals surface area contributed by atoms with Crippen LogP contribution in [0.15, 0.2) is 42.7 Å². The van der Waals surface area contributed by atoms with E-state index >= 15 is 0 Å². The molecule has 8 nitrogen and oxygen atoms in total. The third-order valence-electron chi connectivity index (χ3n) is 6.64. The SMILES string of the molecule is CC(C)C[C@@H](C(=O)N1C[C@]2(C[C@H]1C#N)C(=O)Nc1ccccc12)N(C)C(=O)c1cncc(F)c1. The average Bonchev–Trinajstić information content (AvgIpc) is 3.34. The lowest BCUT2D eigenvalue weighted by Crippen LogP contribution is -2.52. The predicted octanol–water partition coefficient (Wildman–Crippen LogP) is 2.72. The van der Waals surface area contributed by atoms with Gasteiger partial charge in [0.2, 0.25) is 11.8 Å². The van der Waals surface area contributed by atoms with Crippen LogP contribution in [-0.4, -0.2) is 58.2 Å². The number of benzene rings is 1. The van der Waals surface area contributed by atoms with Gasteiger partial charge in [-0.25, -0.2) is 4.39 Å². The standard InChI is InChI=1S/C25H26FN5O3/c1-15(2)8-21(30(3)22(32)16-9-17(26)13-28-12-16)23(33)31-14-25(10-18(31)11-27)19-6-4-5-7-20(19)29-24(25)34/h4-7,9,12-13,15,18,21H,8,10,14H2,1-3H3,(H,29,34)/t18-,21-,25-/m0/s1. The summed E-state index contributed by atoms with van der Waals surface area (Å²) in [5, 5.41) is 12.7. The zero-order valence-corrected chi connectivity index (χ0v) is 19.3. The summed E-state index contributed by atoms with van der Waals surface area (Å²) in [7, 11) is 1.49. The molecule has 0 saturated carbocycles. The predicted molar refractivity (Wildman–Crippen MR) is 122 cm³/mol. The smallest absolute Gasteiger partial charge is 0.255 e. The van der Waals surface area contributed by atoms with Gasteiger partial charge in [-0.2, -0.15) is 5.26 Å². The largest absolute Gasteiger partial charge is 0.330 e. The van der Waals surface area contributed by atoms with Crippen LogP contribution in [0.5, 0.6) is 0 Å². The van der Waals surface area contributed by atoms with Gasteiger partial charge in [-0.3, -0.25) is 19.4 Å². The average molecular weight is 464 g/mol. The van der Waals surface area contributed by atoms with Crippen LogP contribution in [-0.2, 0) is 15.0 Å². The number of halogens is 1. The molecule has 4 rings (SSSR count). The van der Waals surface area contributed by atoms with Crippen LogP contribution in [0.1, 0.15) is 42.6 Å². The van der Waals surface area contributed by atoms with Gasteiger partial charge in [0.25, 0.3) is 5.91 Å². The van der Waals surface area contributed by atoms with Gasteiger partial charge in [0, 0.05) is 31.9 Å². The number of likely N-dealkylation sites (N-methyl/N-ethyl adjacent to an activating group) is 1. The normalized spacial score (nSPS) is 21.8. The van der Waals surface area contributed by atoms with Crippen LogP contribution < -0.4 is 5.32 Å². The number of aromatic nitrogens is 1. The minimum Gasteiger partial charge on any atom is -0.330 e. The van der Waals surface area contributed by atoms with Gasteiger partial charge in [-0.1, -0.05) is 32.0 Å². The summed E-state index contributed by atoms with van der Waals surface area (Å²) in [4.78, 5) is 46.3. The van der Waals surface area contributed by atoms with E-state index in [0.29, 0.717) is 12.1 Å². The lowest BCUT2D eigenvalue weighted by atomic mass is 9.80. The number of nitrogens with zero attached hydrogens (tertiary/aromatic N) is 4. The van der Waals surface area contributed by atoms with E-state index in [-0.39, 0.29) is 30.4 Å². The Bertz CT molecular complexity index is 1190. The number of nitrogens with one attached hydrogen (secondary N) is 1. The number of pyridine rings is 1. The van der Waals surface area contributed by atoms with Crippen molar-refractivity contribution in [3.8, 4) is 6.07 Å². The van der Waals surface area contributed by atoms with Crippen LogP contribution >= 0.6 is 0 Å². The van der Waals surface area contributed by atoms with Crippen LogP contribution in [0.4, 0.5) is 10.1 Å². The Morgan fingerprint density at radius 2 is 2.09 bits per heavy atom. The van der Waals surface area contributed by atoms with Crippen molar-refractivity contribution < 1.29 is 18.8 Å². The third-order valence-corrected chi connectivity index (χ3v) is 6.64. The quantitative estimate of drug-likeness (QED) is 0.734. The number of amides is 3. The van der Waals surface area contributed by atoms with Crippen LogP contribution in [0.2, 0.25) is 0 Å². The van der Waals surface area contributed by atoms with E-state index in [1.807, 2.05) is 32.0 Å². The molecule has 0 aliphatic carbocycles. The van der Waals surface area contributed by atoms with Crippen molar-refractivity contribution >= 4 is 23.4 Å². The number of carbonyl (C=O) groups is 3. The number of carbonyl (C=O) groups excluding carboxylic acids is 3. The number of likely N-dealkylation sites (tertiary alicyclic amines) is 1. The number of para-hydroxylation sites is 1. The van der Waals surface area contributed by atoms with Crippen molar-refractivity contribution in [1.29, 1.82) is 5.26 Å². The third kappa shape index (κ3) is 3.89. The highest BCUT2D eigenvalue weighted by molar-refractivity contribution is 6.07. The molecule has 1 aromatic carbocycles. The van der Waals surface area contributed by atoms with Crippen LogP contribution in [0.25, 0.3) is 0 Å². The second kappa shape index (κ2) is 8.86. The van der Waals surface area contributed by atoms with E-state index in [1.54, 1.807) is 6.07 Å². The second-order valence-corrected chi connectivity index (χ2v) is 9.35. The molecule has 1 spiro atoms. The maximum atomic E-state index is 13.8. The fourth-order valence-electron chi connectivity index (χ4n) is 4.92. The molecule has 1 saturated heterocycles. The van der Waals surface area contributed by atoms with Crippen molar-refractivity contribution in [2.24, 2.45) is 5.92 Å². The highest BCUT2D eigenvalue weighted by Gasteiger charge is 2.56.